The van der Waals surface area contributed by atoms with Crippen molar-refractivity contribution in [2.75, 3.05) is 7.05 Å². The average molecular weight is 351 g/mol. The third-order valence-electron chi connectivity index (χ3n) is 3.46. The zero-order chi connectivity index (χ0) is 14.0. The van der Waals surface area contributed by atoms with Crippen molar-refractivity contribution in [2.45, 2.75) is 41.6 Å². The maximum atomic E-state index is 13.6. The molecule has 2 unspecified atom stereocenters. The van der Waals surface area contributed by atoms with Gasteiger partial charge in [0.1, 0.15) is 0 Å². The average Bonchev–Trinajstić information content (AvgIpc) is 2.39. The summed E-state index contributed by atoms with van der Waals surface area (Å²) >= 11 is 3.52. The summed E-state index contributed by atoms with van der Waals surface area (Å²) in [4.78, 5) is 3.78. The number of hydrogen-bond acceptors (Lipinski definition) is 3. The molecule has 0 radical (unpaired) electrons. The highest BCUT2D eigenvalue weighted by molar-refractivity contribution is 9.09. The van der Waals surface area contributed by atoms with Gasteiger partial charge in [0, 0.05) is 24.1 Å². The second-order valence-electron chi connectivity index (χ2n) is 4.68. The second kappa shape index (κ2) is 5.85. The first kappa shape index (κ1) is 14.9. The predicted molar refractivity (Wildman–Crippen MR) is 74.1 cm³/mol. The molecule has 2 atom stereocenters. The zero-order valence-electron chi connectivity index (χ0n) is 10.6. The molecule has 2 rings (SSSR count). The quantitative estimate of drug-likeness (QED) is 0.787. The fourth-order valence-electron chi connectivity index (χ4n) is 2.35. The molecule has 1 saturated carbocycles. The Bertz CT molecular complexity index is 552. The molecule has 1 aromatic rings. The molecule has 0 saturated heterocycles. The molecule has 0 bridgehead atoms. The Kier molecular flexibility index (Phi) is 4.58. The Morgan fingerprint density at radius 2 is 2.11 bits per heavy atom. The molecule has 0 aromatic carbocycles. The van der Waals surface area contributed by atoms with E-state index in [1.165, 1.54) is 23.6 Å². The van der Waals surface area contributed by atoms with Crippen LogP contribution in [0.2, 0.25) is 0 Å². The van der Waals surface area contributed by atoms with E-state index in [1.807, 2.05) is 0 Å². The molecular weight excluding hydrogens is 335 g/mol. The summed E-state index contributed by atoms with van der Waals surface area (Å²) in [6.07, 6.45) is 5.06. The largest absolute Gasteiger partial charge is 0.263 e. The van der Waals surface area contributed by atoms with Crippen LogP contribution >= 0.6 is 15.9 Å². The molecule has 1 heterocycles. The van der Waals surface area contributed by atoms with Crippen molar-refractivity contribution >= 4 is 26.0 Å². The molecule has 0 spiro atoms. The summed E-state index contributed by atoms with van der Waals surface area (Å²) in [5.41, 5.74) is 0. The van der Waals surface area contributed by atoms with Crippen molar-refractivity contribution < 1.29 is 12.8 Å². The lowest BCUT2D eigenvalue weighted by Crippen LogP contribution is -2.44. The molecule has 1 aliphatic rings. The van der Waals surface area contributed by atoms with Gasteiger partial charge in [-0.1, -0.05) is 28.8 Å². The van der Waals surface area contributed by atoms with Crippen LogP contribution in [-0.2, 0) is 10.0 Å². The van der Waals surface area contributed by atoms with Gasteiger partial charge in [-0.3, -0.25) is 0 Å². The molecule has 1 aromatic heterocycles. The Labute approximate surface area is 121 Å². The van der Waals surface area contributed by atoms with Crippen LogP contribution < -0.4 is 0 Å². The van der Waals surface area contributed by atoms with Crippen LogP contribution in [0.3, 0.4) is 0 Å². The fourth-order valence-corrected chi connectivity index (χ4v) is 4.84. The lowest BCUT2D eigenvalue weighted by Gasteiger charge is -2.34. The highest BCUT2D eigenvalue weighted by atomic mass is 79.9. The van der Waals surface area contributed by atoms with Gasteiger partial charge in [0.15, 0.2) is 5.82 Å². The van der Waals surface area contributed by atoms with Crippen LogP contribution in [0.25, 0.3) is 0 Å². The Morgan fingerprint density at radius 1 is 1.42 bits per heavy atom. The van der Waals surface area contributed by atoms with Gasteiger partial charge in [0.05, 0.1) is 0 Å². The highest BCUT2D eigenvalue weighted by Gasteiger charge is 2.35. The van der Waals surface area contributed by atoms with E-state index in [9.17, 15) is 12.8 Å². The Hall–Kier alpha value is -0.530. The summed E-state index contributed by atoms with van der Waals surface area (Å²) in [7, 11) is -2.39. The van der Waals surface area contributed by atoms with Crippen LogP contribution in [0.15, 0.2) is 23.4 Å². The van der Waals surface area contributed by atoms with Crippen LogP contribution in [0, 0.1) is 5.82 Å². The first-order chi connectivity index (χ1) is 8.94. The number of rotatable bonds is 3. The minimum Gasteiger partial charge on any atom is -0.241 e. The number of nitrogens with zero attached hydrogens (tertiary/aromatic N) is 2. The van der Waals surface area contributed by atoms with Crippen LogP contribution in [0.1, 0.15) is 25.7 Å². The lowest BCUT2D eigenvalue weighted by molar-refractivity contribution is 0.295. The van der Waals surface area contributed by atoms with Gasteiger partial charge in [-0.25, -0.2) is 17.8 Å². The number of alkyl halides is 1. The summed E-state index contributed by atoms with van der Waals surface area (Å²) < 4.78 is 39.7. The molecule has 7 heteroatoms. The lowest BCUT2D eigenvalue weighted by atomic mass is 9.96. The standard InChI is InChI=1S/C12H16BrFN2O2S/c1-16(11-7-3-2-5-9(11)13)19(17,18)12-10(14)6-4-8-15-12/h4,6,8-9,11H,2-3,5,7H2,1H3. The number of halogens is 2. The summed E-state index contributed by atoms with van der Waals surface area (Å²) in [5.74, 6) is -0.809. The van der Waals surface area contributed by atoms with Gasteiger partial charge in [-0.15, -0.1) is 0 Å². The topological polar surface area (TPSA) is 50.3 Å². The first-order valence-corrected chi connectivity index (χ1v) is 8.53. The minimum atomic E-state index is -3.88. The van der Waals surface area contributed by atoms with E-state index in [0.717, 1.165) is 31.7 Å². The zero-order valence-corrected chi connectivity index (χ0v) is 13.0. The van der Waals surface area contributed by atoms with E-state index in [0.29, 0.717) is 0 Å². The third-order valence-corrected chi connectivity index (χ3v) is 6.35. The van der Waals surface area contributed by atoms with E-state index >= 15 is 0 Å². The van der Waals surface area contributed by atoms with Crippen LogP contribution in [0.4, 0.5) is 4.39 Å². The predicted octanol–water partition coefficient (Wildman–Crippen LogP) is 2.55. The van der Waals surface area contributed by atoms with Gasteiger partial charge in [0.2, 0.25) is 5.03 Å². The maximum Gasteiger partial charge on any atom is 0.263 e. The monoisotopic (exact) mass is 350 g/mol. The fraction of sp³-hybridized carbons (Fsp3) is 0.583. The van der Waals surface area contributed by atoms with E-state index < -0.39 is 20.9 Å². The molecule has 19 heavy (non-hydrogen) atoms. The minimum absolute atomic E-state index is 0.104. The van der Waals surface area contributed by atoms with E-state index in [-0.39, 0.29) is 10.9 Å². The molecule has 106 valence electrons. The number of aromatic nitrogens is 1. The van der Waals surface area contributed by atoms with Crippen molar-refractivity contribution in [1.29, 1.82) is 0 Å². The SMILES string of the molecule is CN(C1CCCCC1Br)S(=O)(=O)c1ncccc1F. The molecule has 0 aliphatic heterocycles. The normalized spacial score (nSPS) is 24.6. The van der Waals surface area contributed by atoms with Crippen molar-refractivity contribution in [3.8, 4) is 0 Å². The molecule has 1 aliphatic carbocycles. The smallest absolute Gasteiger partial charge is 0.241 e. The number of hydrogen-bond donors (Lipinski definition) is 0. The Morgan fingerprint density at radius 3 is 2.74 bits per heavy atom. The summed E-state index contributed by atoms with van der Waals surface area (Å²) in [5, 5.41) is -0.497. The van der Waals surface area contributed by atoms with Crippen molar-refractivity contribution in [2.24, 2.45) is 0 Å². The molecule has 0 N–H and O–H groups in total. The molecule has 1 fully saturated rings. The number of pyridine rings is 1. The first-order valence-electron chi connectivity index (χ1n) is 6.17. The van der Waals surface area contributed by atoms with E-state index in [2.05, 4.69) is 20.9 Å². The van der Waals surface area contributed by atoms with E-state index in [1.54, 1.807) is 0 Å². The van der Waals surface area contributed by atoms with Crippen LogP contribution in [0.5, 0.6) is 0 Å². The Balaban J connectivity index is 2.31. The van der Waals surface area contributed by atoms with E-state index in [4.69, 9.17) is 0 Å². The maximum absolute atomic E-state index is 13.6. The van der Waals surface area contributed by atoms with Gasteiger partial charge in [0.25, 0.3) is 10.0 Å². The van der Waals surface area contributed by atoms with Crippen molar-refractivity contribution in [3.05, 3.63) is 24.1 Å². The van der Waals surface area contributed by atoms with Gasteiger partial charge in [-0.05, 0) is 25.0 Å². The number of sulfonamides is 1. The van der Waals surface area contributed by atoms with Gasteiger partial charge in [-0.2, -0.15) is 4.31 Å². The van der Waals surface area contributed by atoms with Crippen LogP contribution in [-0.4, -0.2) is 35.6 Å². The highest BCUT2D eigenvalue weighted by Crippen LogP contribution is 2.30. The third kappa shape index (κ3) is 2.98. The second-order valence-corrected chi connectivity index (χ2v) is 7.77. The van der Waals surface area contributed by atoms with Crippen molar-refractivity contribution in [1.82, 2.24) is 9.29 Å². The van der Waals surface area contributed by atoms with Gasteiger partial charge < -0.3 is 0 Å². The summed E-state index contributed by atoms with van der Waals surface area (Å²) in [6.45, 7) is 0. The molecular formula is C12H16BrFN2O2S. The van der Waals surface area contributed by atoms with Crippen molar-refractivity contribution in [3.63, 3.8) is 0 Å². The molecule has 4 nitrogen and oxygen atoms in total. The summed E-state index contributed by atoms with van der Waals surface area (Å²) in [6, 6.07) is 2.34. The van der Waals surface area contributed by atoms with Gasteiger partial charge >= 0.3 is 0 Å². The molecule has 0 amide bonds.